The maximum absolute atomic E-state index is 13.4. The lowest BCUT2D eigenvalue weighted by Gasteiger charge is -2.07. The number of benzene rings is 1. The predicted octanol–water partition coefficient (Wildman–Crippen LogP) is 3.86. The first-order valence-electron chi connectivity index (χ1n) is 5.42. The van der Waals surface area contributed by atoms with E-state index in [9.17, 15) is 13.6 Å². The minimum Gasteiger partial charge on any atom is -0.324 e. The molecule has 1 N–H and O–H groups in total. The average Bonchev–Trinajstić information content (AvgIpc) is 2.32. The van der Waals surface area contributed by atoms with E-state index in [0.717, 1.165) is 18.6 Å². The summed E-state index contributed by atoms with van der Waals surface area (Å²) in [6.45, 7) is 0. The molecule has 0 spiro atoms. The highest BCUT2D eigenvalue weighted by Crippen LogP contribution is 2.23. The Morgan fingerprint density at radius 3 is 2.72 bits per heavy atom. The molecule has 1 aromatic carbocycles. The van der Waals surface area contributed by atoms with Crippen LogP contribution in [0.5, 0.6) is 0 Å². The number of amides is 1. The van der Waals surface area contributed by atoms with Crippen molar-refractivity contribution in [3.8, 4) is 12.3 Å². The topological polar surface area (TPSA) is 29.1 Å². The van der Waals surface area contributed by atoms with Crippen molar-refractivity contribution in [1.29, 1.82) is 0 Å². The summed E-state index contributed by atoms with van der Waals surface area (Å²) in [5.74, 6) is 0.807. The Hall–Kier alpha value is -1.41. The number of terminal acetylenes is 1. The predicted molar refractivity (Wildman–Crippen MR) is 70.0 cm³/mol. The Balaban J connectivity index is 2.55. The molecule has 2 nitrogen and oxygen atoms in total. The van der Waals surface area contributed by atoms with Gasteiger partial charge < -0.3 is 5.32 Å². The van der Waals surface area contributed by atoms with Crippen molar-refractivity contribution in [3.63, 3.8) is 0 Å². The number of hydrogen-bond acceptors (Lipinski definition) is 1. The number of carbonyl (C=O) groups is 1. The lowest BCUT2D eigenvalue weighted by atomic mass is 10.2. The molecule has 0 unspecified atom stereocenters. The molecule has 0 radical (unpaired) electrons. The molecular formula is C13H12BrF2NO. The number of unbranched alkanes of at least 4 members (excludes halogenated alkanes) is 2. The van der Waals surface area contributed by atoms with E-state index in [2.05, 4.69) is 27.2 Å². The van der Waals surface area contributed by atoms with Crippen LogP contribution >= 0.6 is 15.9 Å². The summed E-state index contributed by atoms with van der Waals surface area (Å²) in [5.41, 5.74) is -0.155. The zero-order valence-corrected chi connectivity index (χ0v) is 11.2. The van der Waals surface area contributed by atoms with Gasteiger partial charge in [0.2, 0.25) is 5.91 Å². The van der Waals surface area contributed by atoms with Crippen molar-refractivity contribution in [2.45, 2.75) is 25.7 Å². The van der Waals surface area contributed by atoms with E-state index in [1.807, 2.05) is 0 Å². The molecule has 0 aliphatic carbocycles. The molecule has 0 heterocycles. The van der Waals surface area contributed by atoms with Gasteiger partial charge in [-0.3, -0.25) is 4.79 Å². The second kappa shape index (κ2) is 7.12. The molecule has 0 aromatic heterocycles. The number of halogens is 3. The van der Waals surface area contributed by atoms with Crippen LogP contribution in [0.2, 0.25) is 0 Å². The number of carbonyl (C=O) groups excluding carboxylic acids is 1. The van der Waals surface area contributed by atoms with Crippen LogP contribution in [0.1, 0.15) is 25.7 Å². The number of rotatable bonds is 5. The van der Waals surface area contributed by atoms with Crippen molar-refractivity contribution in [2.24, 2.45) is 0 Å². The van der Waals surface area contributed by atoms with Crippen LogP contribution < -0.4 is 5.32 Å². The van der Waals surface area contributed by atoms with Crippen LogP contribution in [0.4, 0.5) is 14.5 Å². The van der Waals surface area contributed by atoms with E-state index >= 15 is 0 Å². The van der Waals surface area contributed by atoms with Gasteiger partial charge in [0.15, 0.2) is 0 Å². The van der Waals surface area contributed by atoms with Crippen LogP contribution in [-0.4, -0.2) is 5.91 Å². The fraction of sp³-hybridized carbons (Fsp3) is 0.308. The van der Waals surface area contributed by atoms with Crippen molar-refractivity contribution >= 4 is 27.5 Å². The van der Waals surface area contributed by atoms with Crippen LogP contribution in [0.3, 0.4) is 0 Å². The lowest BCUT2D eigenvalue weighted by molar-refractivity contribution is -0.116. The summed E-state index contributed by atoms with van der Waals surface area (Å²) in [5, 5.41) is 2.33. The van der Waals surface area contributed by atoms with Gasteiger partial charge >= 0.3 is 0 Å². The zero-order chi connectivity index (χ0) is 13.5. The summed E-state index contributed by atoms with van der Waals surface area (Å²) in [6.07, 6.45) is 7.27. The summed E-state index contributed by atoms with van der Waals surface area (Å²) in [4.78, 5) is 11.5. The van der Waals surface area contributed by atoms with Crippen molar-refractivity contribution in [1.82, 2.24) is 0 Å². The Labute approximate surface area is 113 Å². The number of hydrogen-bond donors (Lipinski definition) is 1. The van der Waals surface area contributed by atoms with Gasteiger partial charge in [-0.15, -0.1) is 12.3 Å². The highest BCUT2D eigenvalue weighted by atomic mass is 79.9. The SMILES string of the molecule is C#CCCCCC(=O)Nc1cc(F)c(Br)cc1F. The van der Waals surface area contributed by atoms with E-state index in [4.69, 9.17) is 6.42 Å². The minimum atomic E-state index is -0.680. The third kappa shape index (κ3) is 4.46. The second-order valence-electron chi connectivity index (χ2n) is 3.71. The molecule has 0 saturated carbocycles. The molecule has 0 aliphatic rings. The number of anilines is 1. The van der Waals surface area contributed by atoms with Crippen molar-refractivity contribution in [2.75, 3.05) is 5.32 Å². The van der Waals surface area contributed by atoms with E-state index in [0.29, 0.717) is 12.8 Å². The lowest BCUT2D eigenvalue weighted by Crippen LogP contribution is -2.12. The van der Waals surface area contributed by atoms with Crippen LogP contribution in [-0.2, 0) is 4.79 Å². The third-order valence-electron chi connectivity index (χ3n) is 2.26. The van der Waals surface area contributed by atoms with E-state index < -0.39 is 11.6 Å². The molecule has 5 heteroatoms. The van der Waals surface area contributed by atoms with E-state index in [1.165, 1.54) is 0 Å². The highest BCUT2D eigenvalue weighted by Gasteiger charge is 2.10. The van der Waals surface area contributed by atoms with Gasteiger partial charge in [0.1, 0.15) is 11.6 Å². The number of nitrogens with one attached hydrogen (secondary N) is 1. The molecule has 0 saturated heterocycles. The monoisotopic (exact) mass is 315 g/mol. The van der Waals surface area contributed by atoms with Gasteiger partial charge in [-0.25, -0.2) is 8.78 Å². The first-order valence-corrected chi connectivity index (χ1v) is 6.21. The normalized spacial score (nSPS) is 9.89. The maximum Gasteiger partial charge on any atom is 0.224 e. The molecule has 0 fully saturated rings. The Kier molecular flexibility index (Phi) is 5.79. The summed E-state index contributed by atoms with van der Waals surface area (Å²) >= 11 is 2.86. The zero-order valence-electron chi connectivity index (χ0n) is 9.60. The molecule has 96 valence electrons. The Bertz CT molecular complexity index is 483. The molecule has 18 heavy (non-hydrogen) atoms. The van der Waals surface area contributed by atoms with Crippen LogP contribution in [0, 0.1) is 24.0 Å². The van der Waals surface area contributed by atoms with Gasteiger partial charge in [0, 0.05) is 18.9 Å². The standard InChI is InChI=1S/C13H12BrF2NO/c1-2-3-4-5-6-13(18)17-12-8-10(15)9(14)7-11(12)16/h1,7-8H,3-6H2,(H,17,18). The largest absolute Gasteiger partial charge is 0.324 e. The van der Waals surface area contributed by atoms with Crippen LogP contribution in [0.25, 0.3) is 0 Å². The fourth-order valence-electron chi connectivity index (χ4n) is 1.34. The Morgan fingerprint density at radius 1 is 1.33 bits per heavy atom. The van der Waals surface area contributed by atoms with Gasteiger partial charge in [-0.1, -0.05) is 0 Å². The van der Waals surface area contributed by atoms with Crippen molar-refractivity contribution < 1.29 is 13.6 Å². The Morgan fingerprint density at radius 2 is 2.06 bits per heavy atom. The summed E-state index contributed by atoms with van der Waals surface area (Å²) in [7, 11) is 0. The van der Waals surface area contributed by atoms with Crippen molar-refractivity contribution in [3.05, 3.63) is 28.2 Å². The molecule has 0 aliphatic heterocycles. The smallest absolute Gasteiger partial charge is 0.224 e. The van der Waals surface area contributed by atoms with E-state index in [1.54, 1.807) is 0 Å². The molecule has 1 amide bonds. The first-order chi connectivity index (χ1) is 8.54. The molecule has 1 rings (SSSR count). The molecule has 0 atom stereocenters. The second-order valence-corrected chi connectivity index (χ2v) is 4.56. The minimum absolute atomic E-state index is 0.0204. The van der Waals surface area contributed by atoms with E-state index in [-0.39, 0.29) is 22.5 Å². The maximum atomic E-state index is 13.4. The molecular weight excluding hydrogens is 304 g/mol. The third-order valence-corrected chi connectivity index (χ3v) is 2.87. The summed E-state index contributed by atoms with van der Waals surface area (Å²) < 4.78 is 26.6. The molecule has 0 bridgehead atoms. The van der Waals surface area contributed by atoms with Gasteiger partial charge in [0.05, 0.1) is 10.2 Å². The average molecular weight is 316 g/mol. The summed E-state index contributed by atoms with van der Waals surface area (Å²) in [6, 6.07) is 1.92. The highest BCUT2D eigenvalue weighted by molar-refractivity contribution is 9.10. The van der Waals surface area contributed by atoms with Crippen LogP contribution in [0.15, 0.2) is 16.6 Å². The quantitative estimate of drug-likeness (QED) is 0.499. The molecule has 1 aromatic rings. The van der Waals surface area contributed by atoms with Gasteiger partial charge in [-0.05, 0) is 34.8 Å². The fourth-order valence-corrected chi connectivity index (χ4v) is 1.66. The van der Waals surface area contributed by atoms with Gasteiger partial charge in [0.25, 0.3) is 0 Å². The first kappa shape index (κ1) is 14.7. The van der Waals surface area contributed by atoms with Gasteiger partial charge in [-0.2, -0.15) is 0 Å².